The highest BCUT2D eigenvalue weighted by Gasteiger charge is 2.38. The van der Waals surface area contributed by atoms with Gasteiger partial charge >= 0.3 is 0 Å². The zero-order chi connectivity index (χ0) is 12.3. The number of amides is 1. The Bertz CT molecular complexity index is 275. The van der Waals surface area contributed by atoms with Crippen LogP contribution in [0.3, 0.4) is 0 Å². The largest absolute Gasteiger partial charge is 0.379 e. The molecule has 3 N–H and O–H groups in total. The number of ether oxygens (including phenoxy) is 1. The third-order valence-corrected chi connectivity index (χ3v) is 4.32. The van der Waals surface area contributed by atoms with Crippen molar-refractivity contribution in [3.63, 3.8) is 0 Å². The zero-order valence-electron chi connectivity index (χ0n) is 10.7. The molecule has 4 heteroatoms. The number of carbonyl (C=O) groups excluding carboxylic acids is 1. The average Bonchev–Trinajstić information content (AvgIpc) is 2.76. The molecule has 1 saturated carbocycles. The highest BCUT2D eigenvalue weighted by molar-refractivity contribution is 5.86. The molecule has 1 saturated heterocycles. The van der Waals surface area contributed by atoms with E-state index in [1.54, 1.807) is 0 Å². The van der Waals surface area contributed by atoms with E-state index in [0.29, 0.717) is 25.6 Å². The summed E-state index contributed by atoms with van der Waals surface area (Å²) >= 11 is 0. The Labute approximate surface area is 103 Å². The van der Waals surface area contributed by atoms with Gasteiger partial charge in [0.05, 0.1) is 6.61 Å². The Hall–Kier alpha value is -0.610. The molecular weight excluding hydrogens is 216 g/mol. The van der Waals surface area contributed by atoms with Crippen molar-refractivity contribution in [3.8, 4) is 0 Å². The highest BCUT2D eigenvalue weighted by atomic mass is 16.5. The van der Waals surface area contributed by atoms with Gasteiger partial charge in [0.25, 0.3) is 0 Å². The fraction of sp³-hybridized carbons (Fsp3) is 0.923. The maximum atomic E-state index is 12.0. The van der Waals surface area contributed by atoms with Crippen molar-refractivity contribution in [1.82, 2.24) is 5.32 Å². The molecule has 0 aromatic rings. The van der Waals surface area contributed by atoms with Crippen LogP contribution in [0.5, 0.6) is 0 Å². The molecule has 2 rings (SSSR count). The summed E-state index contributed by atoms with van der Waals surface area (Å²) in [4.78, 5) is 12.0. The van der Waals surface area contributed by atoms with Crippen LogP contribution in [0.15, 0.2) is 0 Å². The Morgan fingerprint density at radius 1 is 1.47 bits per heavy atom. The highest BCUT2D eigenvalue weighted by Crippen LogP contribution is 2.29. The van der Waals surface area contributed by atoms with E-state index in [2.05, 4.69) is 12.2 Å². The van der Waals surface area contributed by atoms with Crippen LogP contribution in [0, 0.1) is 11.8 Å². The summed E-state index contributed by atoms with van der Waals surface area (Å²) in [7, 11) is 0. The minimum Gasteiger partial charge on any atom is -0.379 e. The fourth-order valence-corrected chi connectivity index (χ4v) is 2.86. The van der Waals surface area contributed by atoms with Crippen molar-refractivity contribution < 1.29 is 9.53 Å². The first-order chi connectivity index (χ1) is 8.12. The van der Waals surface area contributed by atoms with Crippen LogP contribution >= 0.6 is 0 Å². The van der Waals surface area contributed by atoms with Gasteiger partial charge in [-0.3, -0.25) is 4.79 Å². The van der Waals surface area contributed by atoms with Crippen molar-refractivity contribution in [2.24, 2.45) is 17.6 Å². The molecule has 0 aromatic heterocycles. The van der Waals surface area contributed by atoms with Crippen molar-refractivity contribution in [2.45, 2.75) is 44.6 Å². The Morgan fingerprint density at radius 3 is 2.88 bits per heavy atom. The van der Waals surface area contributed by atoms with Gasteiger partial charge in [0.15, 0.2) is 0 Å². The van der Waals surface area contributed by atoms with Crippen LogP contribution in [0.1, 0.15) is 39.0 Å². The van der Waals surface area contributed by atoms with Gasteiger partial charge in [-0.1, -0.05) is 26.2 Å². The van der Waals surface area contributed by atoms with E-state index in [1.807, 2.05) is 0 Å². The fourth-order valence-electron chi connectivity index (χ4n) is 2.86. The Kier molecular flexibility index (Phi) is 4.05. The second kappa shape index (κ2) is 5.36. The van der Waals surface area contributed by atoms with Crippen molar-refractivity contribution in [1.29, 1.82) is 0 Å². The molecule has 1 heterocycles. The maximum absolute atomic E-state index is 12.0. The molecule has 2 fully saturated rings. The summed E-state index contributed by atoms with van der Waals surface area (Å²) in [6.07, 6.45) is 5.79. The topological polar surface area (TPSA) is 64.4 Å². The maximum Gasteiger partial charge on any atom is 0.242 e. The van der Waals surface area contributed by atoms with Crippen LogP contribution in [-0.2, 0) is 9.53 Å². The van der Waals surface area contributed by atoms with Gasteiger partial charge in [0, 0.05) is 13.2 Å². The van der Waals surface area contributed by atoms with Crippen LogP contribution in [-0.4, -0.2) is 31.2 Å². The van der Waals surface area contributed by atoms with Crippen molar-refractivity contribution >= 4 is 5.91 Å². The molecule has 1 amide bonds. The summed E-state index contributed by atoms with van der Waals surface area (Å²) < 4.78 is 5.21. The Balaban J connectivity index is 1.79. The van der Waals surface area contributed by atoms with E-state index in [4.69, 9.17) is 10.5 Å². The first kappa shape index (κ1) is 12.8. The molecule has 0 aromatic carbocycles. The molecule has 17 heavy (non-hydrogen) atoms. The molecule has 4 nitrogen and oxygen atoms in total. The average molecular weight is 240 g/mol. The second-order valence-corrected chi connectivity index (χ2v) is 5.69. The van der Waals surface area contributed by atoms with Gasteiger partial charge in [-0.2, -0.15) is 0 Å². The third-order valence-electron chi connectivity index (χ3n) is 4.32. The lowest BCUT2D eigenvalue weighted by Crippen LogP contribution is -2.55. The molecule has 0 spiro atoms. The zero-order valence-corrected chi connectivity index (χ0v) is 10.7. The number of hydrogen-bond acceptors (Lipinski definition) is 3. The van der Waals surface area contributed by atoms with Gasteiger partial charge in [-0.05, 0) is 24.7 Å². The van der Waals surface area contributed by atoms with E-state index >= 15 is 0 Å². The summed E-state index contributed by atoms with van der Waals surface area (Å²) in [6.45, 7) is 4.02. The normalized spacial score (nSPS) is 38.0. The van der Waals surface area contributed by atoms with Crippen LogP contribution in [0.25, 0.3) is 0 Å². The van der Waals surface area contributed by atoms with E-state index in [-0.39, 0.29) is 5.91 Å². The van der Waals surface area contributed by atoms with E-state index in [1.165, 1.54) is 25.7 Å². The summed E-state index contributed by atoms with van der Waals surface area (Å²) in [6, 6.07) is 0. The molecule has 0 radical (unpaired) electrons. The summed E-state index contributed by atoms with van der Waals surface area (Å²) in [5.74, 6) is 1.31. The van der Waals surface area contributed by atoms with E-state index < -0.39 is 5.54 Å². The third kappa shape index (κ3) is 2.99. The van der Waals surface area contributed by atoms with Crippen LogP contribution < -0.4 is 11.1 Å². The summed E-state index contributed by atoms with van der Waals surface area (Å²) in [5.41, 5.74) is 5.24. The van der Waals surface area contributed by atoms with Gasteiger partial charge in [0.1, 0.15) is 5.54 Å². The van der Waals surface area contributed by atoms with Gasteiger partial charge in [0.2, 0.25) is 5.91 Å². The lowest BCUT2D eigenvalue weighted by molar-refractivity contribution is -0.126. The predicted octanol–water partition coefficient (Wildman–Crippen LogP) is 1.05. The van der Waals surface area contributed by atoms with Gasteiger partial charge in [-0.25, -0.2) is 0 Å². The van der Waals surface area contributed by atoms with Crippen molar-refractivity contribution in [2.75, 3.05) is 19.8 Å². The molecule has 98 valence electrons. The predicted molar refractivity (Wildman–Crippen MR) is 66.5 cm³/mol. The molecule has 3 unspecified atom stereocenters. The molecule has 2 aliphatic rings. The lowest BCUT2D eigenvalue weighted by Gasteiger charge is -2.30. The number of hydrogen-bond donors (Lipinski definition) is 2. The number of carbonyl (C=O) groups is 1. The number of nitrogens with two attached hydrogens (primary N) is 1. The minimum atomic E-state index is -0.780. The number of nitrogens with one attached hydrogen (secondary N) is 1. The van der Waals surface area contributed by atoms with E-state index in [0.717, 1.165) is 12.5 Å². The van der Waals surface area contributed by atoms with Gasteiger partial charge < -0.3 is 15.8 Å². The van der Waals surface area contributed by atoms with Gasteiger partial charge in [-0.15, -0.1) is 0 Å². The molecule has 1 aliphatic carbocycles. The summed E-state index contributed by atoms with van der Waals surface area (Å²) in [5, 5.41) is 3.02. The molecule has 3 atom stereocenters. The van der Waals surface area contributed by atoms with Crippen LogP contribution in [0.4, 0.5) is 0 Å². The van der Waals surface area contributed by atoms with E-state index in [9.17, 15) is 4.79 Å². The Morgan fingerprint density at radius 2 is 2.24 bits per heavy atom. The van der Waals surface area contributed by atoms with Crippen LogP contribution in [0.2, 0.25) is 0 Å². The molecule has 1 aliphatic heterocycles. The first-order valence-corrected chi connectivity index (χ1v) is 6.77. The molecule has 0 bridgehead atoms. The smallest absolute Gasteiger partial charge is 0.242 e. The second-order valence-electron chi connectivity index (χ2n) is 5.69. The standard InChI is InChI=1S/C13H24N2O2/c1-10-4-2-3-5-11(10)8-15-12(16)13(14)6-7-17-9-13/h10-11H,2-9,14H2,1H3,(H,15,16). The quantitative estimate of drug-likeness (QED) is 0.775. The lowest BCUT2D eigenvalue weighted by atomic mass is 9.80. The minimum absolute atomic E-state index is 0.0345. The number of rotatable bonds is 3. The SMILES string of the molecule is CC1CCCCC1CNC(=O)C1(N)CCOC1. The first-order valence-electron chi connectivity index (χ1n) is 6.77. The monoisotopic (exact) mass is 240 g/mol. The van der Waals surface area contributed by atoms with Crippen molar-refractivity contribution in [3.05, 3.63) is 0 Å². The molecular formula is C13H24N2O2.